The lowest BCUT2D eigenvalue weighted by atomic mass is 9.96. The average Bonchev–Trinajstić information content (AvgIpc) is 2.32. The molecule has 1 saturated heterocycles. The van der Waals surface area contributed by atoms with Crippen LogP contribution in [0.15, 0.2) is 23.4 Å². The minimum atomic E-state index is -3.67. The van der Waals surface area contributed by atoms with E-state index >= 15 is 0 Å². The maximum absolute atomic E-state index is 13.0. The summed E-state index contributed by atoms with van der Waals surface area (Å²) in [6.07, 6.45) is 2.76. The Hall–Kier alpha value is -0.760. The van der Waals surface area contributed by atoms with Gasteiger partial charge in [0, 0.05) is 25.3 Å². The Morgan fingerprint density at radius 2 is 2.16 bits per heavy atom. The van der Waals surface area contributed by atoms with Gasteiger partial charge in [0.1, 0.15) is 10.7 Å². The molecule has 1 aromatic heterocycles. The van der Waals surface area contributed by atoms with Crippen molar-refractivity contribution in [1.29, 1.82) is 0 Å². The van der Waals surface area contributed by atoms with Gasteiger partial charge in [0.2, 0.25) is 10.0 Å². The molecule has 2 unspecified atom stereocenters. The molecule has 8 heteroatoms. The first kappa shape index (κ1) is 16.3. The normalized spacial score (nSPS) is 24.8. The van der Waals surface area contributed by atoms with Crippen LogP contribution >= 0.6 is 12.4 Å². The summed E-state index contributed by atoms with van der Waals surface area (Å²) in [6.45, 7) is 2.64. The molecule has 1 aliphatic rings. The van der Waals surface area contributed by atoms with Gasteiger partial charge >= 0.3 is 0 Å². The van der Waals surface area contributed by atoms with E-state index in [-0.39, 0.29) is 29.3 Å². The number of pyridine rings is 1. The lowest BCUT2D eigenvalue weighted by molar-refractivity contribution is 0.250. The zero-order chi connectivity index (χ0) is 13.3. The zero-order valence-corrected chi connectivity index (χ0v) is 12.1. The summed E-state index contributed by atoms with van der Waals surface area (Å²) in [5.74, 6) is -0.562. The molecule has 0 aromatic carbocycles. The number of hydrogen-bond donors (Lipinski definition) is 1. The minimum Gasteiger partial charge on any atom is -0.327 e. The Morgan fingerprint density at radius 3 is 2.74 bits per heavy atom. The second-order valence-electron chi connectivity index (χ2n) is 4.63. The molecule has 2 heterocycles. The number of rotatable bonds is 2. The largest absolute Gasteiger partial charge is 0.327 e. The van der Waals surface area contributed by atoms with Crippen molar-refractivity contribution in [3.05, 3.63) is 24.3 Å². The molecule has 2 N–H and O–H groups in total. The third-order valence-corrected chi connectivity index (χ3v) is 5.08. The number of piperidine rings is 1. The summed E-state index contributed by atoms with van der Waals surface area (Å²) in [4.78, 5) is 3.47. The molecule has 0 spiro atoms. The van der Waals surface area contributed by atoms with Crippen LogP contribution in [-0.2, 0) is 10.0 Å². The molecule has 5 nitrogen and oxygen atoms in total. The van der Waals surface area contributed by atoms with E-state index in [1.54, 1.807) is 0 Å². The van der Waals surface area contributed by atoms with Crippen LogP contribution in [-0.4, -0.2) is 36.8 Å². The topological polar surface area (TPSA) is 76.3 Å². The van der Waals surface area contributed by atoms with Crippen LogP contribution in [0.3, 0.4) is 0 Å². The lowest BCUT2D eigenvalue weighted by Gasteiger charge is -2.34. The van der Waals surface area contributed by atoms with Gasteiger partial charge in [-0.2, -0.15) is 4.31 Å². The minimum absolute atomic E-state index is 0. The second-order valence-corrected chi connectivity index (χ2v) is 6.57. The molecule has 0 radical (unpaired) electrons. The first-order valence-corrected chi connectivity index (χ1v) is 7.21. The smallest absolute Gasteiger partial charge is 0.244 e. The Labute approximate surface area is 118 Å². The Balaban J connectivity index is 0.00000180. The van der Waals surface area contributed by atoms with E-state index in [1.807, 2.05) is 6.92 Å². The van der Waals surface area contributed by atoms with Gasteiger partial charge in [-0.3, -0.25) is 4.98 Å². The molecule has 1 aromatic rings. The number of nitrogens with zero attached hydrogens (tertiary/aromatic N) is 2. The van der Waals surface area contributed by atoms with Crippen LogP contribution in [0.25, 0.3) is 0 Å². The highest BCUT2D eigenvalue weighted by molar-refractivity contribution is 7.89. The van der Waals surface area contributed by atoms with E-state index in [0.717, 1.165) is 18.5 Å². The van der Waals surface area contributed by atoms with Crippen LogP contribution < -0.4 is 5.73 Å². The van der Waals surface area contributed by atoms with E-state index in [9.17, 15) is 12.8 Å². The van der Waals surface area contributed by atoms with Gasteiger partial charge in [-0.05, 0) is 18.4 Å². The van der Waals surface area contributed by atoms with Crippen LogP contribution in [0.1, 0.15) is 13.3 Å². The second kappa shape index (κ2) is 6.13. The van der Waals surface area contributed by atoms with Crippen molar-refractivity contribution in [2.45, 2.75) is 24.3 Å². The summed E-state index contributed by atoms with van der Waals surface area (Å²) in [7, 11) is -3.67. The first-order valence-electron chi connectivity index (χ1n) is 5.77. The van der Waals surface area contributed by atoms with Crippen molar-refractivity contribution in [3.63, 3.8) is 0 Å². The van der Waals surface area contributed by atoms with Gasteiger partial charge in [0.25, 0.3) is 0 Å². The number of nitrogens with two attached hydrogens (primary N) is 1. The quantitative estimate of drug-likeness (QED) is 0.884. The van der Waals surface area contributed by atoms with Crippen molar-refractivity contribution in [2.24, 2.45) is 11.7 Å². The fraction of sp³-hybridized carbons (Fsp3) is 0.545. The van der Waals surface area contributed by atoms with Gasteiger partial charge < -0.3 is 5.73 Å². The summed E-state index contributed by atoms with van der Waals surface area (Å²) in [5, 5.41) is 0. The first-order chi connectivity index (χ1) is 8.41. The van der Waals surface area contributed by atoms with Crippen LogP contribution in [0.5, 0.6) is 0 Å². The molecule has 108 valence electrons. The van der Waals surface area contributed by atoms with E-state index in [4.69, 9.17) is 5.73 Å². The summed E-state index contributed by atoms with van der Waals surface area (Å²) < 4.78 is 38.9. The van der Waals surface area contributed by atoms with Gasteiger partial charge in [-0.1, -0.05) is 6.92 Å². The molecule has 0 aliphatic carbocycles. The standard InChI is InChI=1S/C11H16FN3O2S.ClH/c1-8-7-15(3-2-11(8)13)18(16,17)10-4-9(12)5-14-6-10;/h4-6,8,11H,2-3,7,13H2,1H3;1H. The number of halogens is 2. The molecule has 19 heavy (non-hydrogen) atoms. The number of aromatic nitrogens is 1. The molecule has 2 atom stereocenters. The highest BCUT2D eigenvalue weighted by atomic mass is 35.5. The summed E-state index contributed by atoms with van der Waals surface area (Å²) in [5.41, 5.74) is 5.85. The van der Waals surface area contributed by atoms with Gasteiger partial charge in [0.05, 0.1) is 6.20 Å². The predicted octanol–water partition coefficient (Wildman–Crippen LogP) is 1.00. The maximum Gasteiger partial charge on any atom is 0.244 e. The van der Waals surface area contributed by atoms with Crippen LogP contribution in [0, 0.1) is 11.7 Å². The fourth-order valence-electron chi connectivity index (χ4n) is 2.03. The molecular weight excluding hydrogens is 293 g/mol. The molecule has 2 rings (SSSR count). The van der Waals surface area contributed by atoms with Crippen LogP contribution in [0.4, 0.5) is 4.39 Å². The predicted molar refractivity (Wildman–Crippen MR) is 72.0 cm³/mol. The van der Waals surface area contributed by atoms with Crippen LogP contribution in [0.2, 0.25) is 0 Å². The Morgan fingerprint density at radius 1 is 1.47 bits per heavy atom. The number of hydrogen-bond acceptors (Lipinski definition) is 4. The van der Waals surface area contributed by atoms with Crippen molar-refractivity contribution < 1.29 is 12.8 Å². The molecule has 0 saturated carbocycles. The maximum atomic E-state index is 13.0. The van der Waals surface area contributed by atoms with Crippen molar-refractivity contribution in [2.75, 3.05) is 13.1 Å². The van der Waals surface area contributed by atoms with Gasteiger partial charge in [-0.15, -0.1) is 12.4 Å². The molecule has 1 aliphatic heterocycles. The van der Waals surface area contributed by atoms with Crippen molar-refractivity contribution in [3.8, 4) is 0 Å². The van der Waals surface area contributed by atoms with Crippen molar-refractivity contribution in [1.82, 2.24) is 9.29 Å². The van der Waals surface area contributed by atoms with E-state index in [0.29, 0.717) is 19.5 Å². The summed E-state index contributed by atoms with van der Waals surface area (Å²) >= 11 is 0. The van der Waals surface area contributed by atoms with Gasteiger partial charge in [-0.25, -0.2) is 12.8 Å². The monoisotopic (exact) mass is 309 g/mol. The highest BCUT2D eigenvalue weighted by Crippen LogP contribution is 2.22. The number of sulfonamides is 1. The molecule has 0 bridgehead atoms. The Kier molecular flexibility index (Phi) is 5.26. The molecular formula is C11H17ClFN3O2S. The van der Waals surface area contributed by atoms with E-state index in [1.165, 1.54) is 4.31 Å². The van der Waals surface area contributed by atoms with Crippen molar-refractivity contribution >= 4 is 22.4 Å². The lowest BCUT2D eigenvalue weighted by Crippen LogP contribution is -2.48. The third-order valence-electron chi connectivity index (χ3n) is 3.25. The van der Waals surface area contributed by atoms with E-state index < -0.39 is 15.8 Å². The highest BCUT2D eigenvalue weighted by Gasteiger charge is 2.32. The van der Waals surface area contributed by atoms with Gasteiger partial charge in [0.15, 0.2) is 0 Å². The molecule has 1 fully saturated rings. The fourth-order valence-corrected chi connectivity index (χ4v) is 3.56. The SMILES string of the molecule is CC1CN(S(=O)(=O)c2cncc(F)c2)CCC1N.Cl. The third kappa shape index (κ3) is 3.42. The average molecular weight is 310 g/mol. The zero-order valence-electron chi connectivity index (χ0n) is 10.5. The van der Waals surface area contributed by atoms with E-state index in [2.05, 4.69) is 4.98 Å². The summed E-state index contributed by atoms with van der Waals surface area (Å²) in [6, 6.07) is 1.00. The Bertz CT molecular complexity index is 540. The molecule has 0 amide bonds.